The first-order valence-electron chi connectivity index (χ1n) is 6.76. The van der Waals surface area contributed by atoms with E-state index in [1.165, 1.54) is 0 Å². The number of hydrogen-bond donors (Lipinski definition) is 3. The lowest BCUT2D eigenvalue weighted by Gasteiger charge is -2.29. The Balaban J connectivity index is 0.00000242. The molecule has 126 valence electrons. The van der Waals surface area contributed by atoms with Gasteiger partial charge in [-0.05, 0) is 18.8 Å². The zero-order valence-corrected chi connectivity index (χ0v) is 13.4. The maximum Gasteiger partial charge on any atom is 0.294 e. The van der Waals surface area contributed by atoms with E-state index >= 15 is 0 Å². The smallest absolute Gasteiger partial charge is 0.294 e. The van der Waals surface area contributed by atoms with Crippen LogP contribution in [0.25, 0.3) is 0 Å². The molecule has 2 rings (SSSR count). The lowest BCUT2D eigenvalue weighted by molar-refractivity contribution is -0.759. The molecule has 0 aromatic rings. The van der Waals surface area contributed by atoms with Gasteiger partial charge < -0.3 is 20.8 Å². The number of carbonyl (C=O) groups excluding carboxylic acids is 2. The second-order valence-electron chi connectivity index (χ2n) is 5.11. The predicted molar refractivity (Wildman–Crippen MR) is 82.5 cm³/mol. The molecular weight excluding hydrogens is 336 g/mol. The molecule has 9 nitrogen and oxygen atoms in total. The molecule has 2 saturated heterocycles. The van der Waals surface area contributed by atoms with Crippen LogP contribution in [0.15, 0.2) is 0 Å². The molecule has 0 spiro atoms. The minimum absolute atomic E-state index is 0. The summed E-state index contributed by atoms with van der Waals surface area (Å²) in [4.78, 5) is 37.3. The Morgan fingerprint density at radius 1 is 1.50 bits per heavy atom. The van der Waals surface area contributed by atoms with Crippen molar-refractivity contribution in [3.8, 4) is 0 Å². The van der Waals surface area contributed by atoms with E-state index in [4.69, 9.17) is 0 Å². The number of piperidine rings is 1. The molecule has 2 fully saturated rings. The molecule has 0 aliphatic carbocycles. The lowest BCUT2D eigenvalue weighted by atomic mass is 9.95. The quantitative estimate of drug-likeness (QED) is 0.450. The number of hydrogen-bond acceptors (Lipinski definition) is 7. The van der Waals surface area contributed by atoms with Gasteiger partial charge in [-0.1, -0.05) is 11.8 Å². The number of nitrogens with zero attached hydrogens (tertiary/aromatic N) is 1. The van der Waals surface area contributed by atoms with Crippen molar-refractivity contribution in [2.24, 2.45) is 5.92 Å². The van der Waals surface area contributed by atoms with Crippen LogP contribution in [0.4, 0.5) is 4.79 Å². The van der Waals surface area contributed by atoms with Gasteiger partial charge in [0.25, 0.3) is 10.3 Å². The number of thioether (sulfide) groups is 1. The van der Waals surface area contributed by atoms with E-state index in [9.17, 15) is 19.7 Å². The fourth-order valence-corrected chi connectivity index (χ4v) is 3.11. The fourth-order valence-electron chi connectivity index (χ4n) is 2.33. The van der Waals surface area contributed by atoms with Crippen molar-refractivity contribution in [1.29, 1.82) is 0 Å². The summed E-state index contributed by atoms with van der Waals surface area (Å²) in [5.74, 6) is 0.408. The maximum atomic E-state index is 11.8. The third kappa shape index (κ3) is 5.85. The highest BCUT2D eigenvalue weighted by Gasteiger charge is 2.28. The van der Waals surface area contributed by atoms with Crippen molar-refractivity contribution in [1.82, 2.24) is 16.0 Å². The van der Waals surface area contributed by atoms with Crippen molar-refractivity contribution in [2.45, 2.75) is 24.9 Å². The highest BCUT2D eigenvalue weighted by atomic mass is 35.5. The van der Waals surface area contributed by atoms with Crippen molar-refractivity contribution in [2.75, 3.05) is 25.4 Å². The first-order valence-corrected chi connectivity index (χ1v) is 7.75. The van der Waals surface area contributed by atoms with Gasteiger partial charge in [0.05, 0.1) is 0 Å². The van der Waals surface area contributed by atoms with Crippen LogP contribution < -0.4 is 16.0 Å². The predicted octanol–water partition coefficient (Wildman–Crippen LogP) is -0.0741. The summed E-state index contributed by atoms with van der Waals surface area (Å²) < 4.78 is 0. The van der Waals surface area contributed by atoms with Gasteiger partial charge in [0.1, 0.15) is 12.6 Å². The van der Waals surface area contributed by atoms with Crippen LogP contribution in [-0.4, -0.2) is 53.8 Å². The zero-order chi connectivity index (χ0) is 15.2. The molecule has 2 unspecified atom stereocenters. The monoisotopic (exact) mass is 354 g/mol. The largest absolute Gasteiger partial charge is 0.353 e. The number of rotatable bonds is 6. The van der Waals surface area contributed by atoms with Crippen molar-refractivity contribution in [3.63, 3.8) is 0 Å². The second-order valence-corrected chi connectivity index (χ2v) is 6.10. The molecule has 3 atom stereocenters. The highest BCUT2D eigenvalue weighted by molar-refractivity contribution is 8.14. The Hall–Kier alpha value is -1.26. The van der Waals surface area contributed by atoms with Crippen LogP contribution in [0, 0.1) is 16.0 Å². The summed E-state index contributed by atoms with van der Waals surface area (Å²) in [7, 11) is 0. The van der Waals surface area contributed by atoms with Crippen molar-refractivity contribution in [3.05, 3.63) is 10.1 Å². The Kier molecular flexibility index (Phi) is 7.69. The van der Waals surface area contributed by atoms with Crippen LogP contribution in [0.3, 0.4) is 0 Å². The first-order chi connectivity index (χ1) is 10.0. The fraction of sp³-hybridized carbons (Fsp3) is 0.818. The molecule has 2 heterocycles. The van der Waals surface area contributed by atoms with Crippen LogP contribution in [-0.2, 0) is 9.63 Å². The van der Waals surface area contributed by atoms with Crippen molar-refractivity contribution >= 4 is 35.3 Å². The highest BCUT2D eigenvalue weighted by Crippen LogP contribution is 2.15. The average Bonchev–Trinajstić information content (AvgIpc) is 2.90. The molecule has 0 saturated carbocycles. The summed E-state index contributed by atoms with van der Waals surface area (Å²) in [5, 5.41) is 17.8. The number of nitrogens with one attached hydrogen (secondary N) is 3. The molecule has 11 heteroatoms. The SMILES string of the molecule is Cl.O=C1N[C@H](C(=O)NCC2CCC(CO[N+](=O)[O-])CN2)CS1. The van der Waals surface area contributed by atoms with Crippen LogP contribution in [0.1, 0.15) is 12.8 Å². The van der Waals surface area contributed by atoms with Gasteiger partial charge in [0.15, 0.2) is 0 Å². The van der Waals surface area contributed by atoms with E-state index in [1.54, 1.807) is 0 Å². The Labute approximate surface area is 137 Å². The molecule has 22 heavy (non-hydrogen) atoms. The van der Waals surface area contributed by atoms with Crippen LogP contribution in [0.2, 0.25) is 0 Å². The molecule has 3 N–H and O–H groups in total. The second kappa shape index (κ2) is 9.01. The van der Waals surface area contributed by atoms with E-state index in [1.807, 2.05) is 0 Å². The van der Waals surface area contributed by atoms with Crippen LogP contribution in [0.5, 0.6) is 0 Å². The number of halogens is 1. The zero-order valence-electron chi connectivity index (χ0n) is 11.8. The average molecular weight is 355 g/mol. The lowest BCUT2D eigenvalue weighted by Crippen LogP contribution is -2.50. The molecule has 2 aliphatic rings. The summed E-state index contributed by atoms with van der Waals surface area (Å²) in [5.41, 5.74) is 0. The minimum atomic E-state index is -0.778. The van der Waals surface area contributed by atoms with E-state index in [2.05, 4.69) is 20.8 Å². The number of amides is 2. The van der Waals surface area contributed by atoms with E-state index < -0.39 is 11.1 Å². The minimum Gasteiger partial charge on any atom is -0.353 e. The van der Waals surface area contributed by atoms with Crippen molar-refractivity contribution < 1.29 is 19.5 Å². The van der Waals surface area contributed by atoms with Gasteiger partial charge in [-0.25, -0.2) is 0 Å². The maximum absolute atomic E-state index is 11.8. The van der Waals surface area contributed by atoms with Gasteiger partial charge >= 0.3 is 0 Å². The summed E-state index contributed by atoms with van der Waals surface area (Å²) in [6.07, 6.45) is 1.63. The van der Waals surface area contributed by atoms with E-state index in [0.717, 1.165) is 24.6 Å². The van der Waals surface area contributed by atoms with Gasteiger partial charge in [0, 0.05) is 24.9 Å². The van der Waals surface area contributed by atoms with E-state index in [0.29, 0.717) is 18.8 Å². The van der Waals surface area contributed by atoms with Crippen LogP contribution >= 0.6 is 24.2 Å². The Morgan fingerprint density at radius 3 is 2.82 bits per heavy atom. The van der Waals surface area contributed by atoms with Gasteiger partial charge in [-0.15, -0.1) is 22.5 Å². The van der Waals surface area contributed by atoms with Gasteiger partial charge in [-0.2, -0.15) is 0 Å². The molecule has 0 aromatic heterocycles. The molecular formula is C11H19ClN4O5S. The van der Waals surface area contributed by atoms with Gasteiger partial charge in [0.2, 0.25) is 5.91 Å². The third-order valence-corrected chi connectivity index (χ3v) is 4.43. The molecule has 0 bridgehead atoms. The summed E-state index contributed by atoms with van der Waals surface area (Å²) >= 11 is 1.11. The molecule has 2 aliphatic heterocycles. The number of carbonyl (C=O) groups is 2. The topological polar surface area (TPSA) is 123 Å². The first kappa shape index (κ1) is 18.8. The van der Waals surface area contributed by atoms with Gasteiger partial charge in [-0.3, -0.25) is 9.59 Å². The normalized spacial score (nSPS) is 27.5. The molecule has 2 amide bonds. The summed E-state index contributed by atoms with van der Waals surface area (Å²) in [6, 6.07) is -0.308. The van der Waals surface area contributed by atoms with E-state index in [-0.39, 0.29) is 42.1 Å². The Bertz CT molecular complexity index is 419. The standard InChI is InChI=1S/C11H18N4O5S.ClH/c16-10(9-6-21-11(17)14-9)13-4-8-2-1-7(3-12-8)5-20-15(18)19;/h7-9,12H,1-6H2,(H,13,16)(H,14,17);1H/t7?,8?,9-;/m0./s1. The third-order valence-electron chi connectivity index (χ3n) is 3.55. The summed E-state index contributed by atoms with van der Waals surface area (Å²) in [6.45, 7) is 1.22. The Morgan fingerprint density at radius 2 is 2.27 bits per heavy atom. The molecule has 0 aromatic carbocycles. The molecule has 0 radical (unpaired) electrons.